The molecule has 2 rings (SSSR count). The largest absolute Gasteiger partial charge is 0.330 e. The molecule has 1 atom stereocenters. The highest BCUT2D eigenvalue weighted by atomic mass is 16.2. The molecule has 0 heterocycles. The van der Waals surface area contributed by atoms with Crippen LogP contribution in [-0.4, -0.2) is 18.4 Å². The molecule has 1 unspecified atom stereocenters. The topological polar surface area (TPSA) is 84.2 Å². The number of nitrogens with two attached hydrogens (primary N) is 1. The molecule has 1 aliphatic carbocycles. The SMILES string of the molecule is CC(CN)CC(=O)Nc1ccc(NC(=O)C2CC2)cc1. The quantitative estimate of drug-likeness (QED) is 0.742. The van der Waals surface area contributed by atoms with Crippen molar-refractivity contribution in [3.8, 4) is 0 Å². The zero-order valence-electron chi connectivity index (χ0n) is 11.7. The van der Waals surface area contributed by atoms with E-state index in [9.17, 15) is 9.59 Å². The Morgan fingerprint density at radius 2 is 1.75 bits per heavy atom. The summed E-state index contributed by atoms with van der Waals surface area (Å²) in [4.78, 5) is 23.3. The Hall–Kier alpha value is -1.88. The third-order valence-electron chi connectivity index (χ3n) is 3.32. The van der Waals surface area contributed by atoms with Gasteiger partial charge >= 0.3 is 0 Å². The van der Waals surface area contributed by atoms with Crippen LogP contribution in [0, 0.1) is 11.8 Å². The minimum atomic E-state index is -0.0438. The van der Waals surface area contributed by atoms with Gasteiger partial charge in [-0.05, 0) is 49.6 Å². The molecule has 2 amide bonds. The summed E-state index contributed by atoms with van der Waals surface area (Å²) in [7, 11) is 0. The molecule has 0 radical (unpaired) electrons. The van der Waals surface area contributed by atoms with Gasteiger partial charge in [0.25, 0.3) is 0 Å². The summed E-state index contributed by atoms with van der Waals surface area (Å²) < 4.78 is 0. The lowest BCUT2D eigenvalue weighted by Gasteiger charge is -2.10. The number of carbonyl (C=O) groups is 2. The van der Waals surface area contributed by atoms with Crippen LogP contribution >= 0.6 is 0 Å². The number of hydrogen-bond donors (Lipinski definition) is 3. The van der Waals surface area contributed by atoms with Crippen LogP contribution < -0.4 is 16.4 Å². The van der Waals surface area contributed by atoms with E-state index in [1.165, 1.54) is 0 Å². The monoisotopic (exact) mass is 275 g/mol. The zero-order chi connectivity index (χ0) is 14.5. The van der Waals surface area contributed by atoms with E-state index in [0.717, 1.165) is 24.2 Å². The lowest BCUT2D eigenvalue weighted by molar-refractivity contribution is -0.118. The first-order valence-electron chi connectivity index (χ1n) is 6.99. The van der Waals surface area contributed by atoms with Gasteiger partial charge < -0.3 is 16.4 Å². The summed E-state index contributed by atoms with van der Waals surface area (Å²) in [5.41, 5.74) is 6.97. The van der Waals surface area contributed by atoms with Gasteiger partial charge in [-0.1, -0.05) is 6.92 Å². The van der Waals surface area contributed by atoms with E-state index in [0.29, 0.717) is 13.0 Å². The Balaban J connectivity index is 1.84. The molecule has 0 aromatic heterocycles. The van der Waals surface area contributed by atoms with E-state index in [2.05, 4.69) is 10.6 Å². The fourth-order valence-electron chi connectivity index (χ4n) is 1.84. The third-order valence-corrected chi connectivity index (χ3v) is 3.32. The van der Waals surface area contributed by atoms with Crippen LogP contribution in [0.2, 0.25) is 0 Å². The maximum atomic E-state index is 11.7. The van der Waals surface area contributed by atoms with Crippen LogP contribution in [0.25, 0.3) is 0 Å². The molecule has 1 aromatic rings. The minimum absolute atomic E-state index is 0.0438. The van der Waals surface area contributed by atoms with Crippen molar-refractivity contribution in [2.45, 2.75) is 26.2 Å². The molecule has 1 aromatic carbocycles. The van der Waals surface area contributed by atoms with Crippen LogP contribution in [-0.2, 0) is 9.59 Å². The number of carbonyl (C=O) groups excluding carboxylic acids is 2. The molecule has 0 bridgehead atoms. The molecule has 20 heavy (non-hydrogen) atoms. The average molecular weight is 275 g/mol. The maximum absolute atomic E-state index is 11.7. The predicted molar refractivity (Wildman–Crippen MR) is 79.3 cm³/mol. The molecule has 5 nitrogen and oxygen atoms in total. The Morgan fingerprint density at radius 3 is 2.25 bits per heavy atom. The van der Waals surface area contributed by atoms with Crippen molar-refractivity contribution in [3.05, 3.63) is 24.3 Å². The zero-order valence-corrected chi connectivity index (χ0v) is 11.7. The second-order valence-electron chi connectivity index (χ2n) is 5.43. The lowest BCUT2D eigenvalue weighted by Crippen LogP contribution is -2.20. The van der Waals surface area contributed by atoms with E-state index in [4.69, 9.17) is 5.73 Å². The van der Waals surface area contributed by atoms with Gasteiger partial charge in [0.15, 0.2) is 0 Å². The number of nitrogens with one attached hydrogen (secondary N) is 2. The van der Waals surface area contributed by atoms with E-state index < -0.39 is 0 Å². The Labute approximate surface area is 118 Å². The van der Waals surface area contributed by atoms with Gasteiger partial charge in [-0.2, -0.15) is 0 Å². The first-order chi connectivity index (χ1) is 9.58. The van der Waals surface area contributed by atoms with E-state index in [1.807, 2.05) is 6.92 Å². The summed E-state index contributed by atoms with van der Waals surface area (Å²) in [6, 6.07) is 7.16. The summed E-state index contributed by atoms with van der Waals surface area (Å²) in [6.07, 6.45) is 2.38. The number of amides is 2. The number of anilines is 2. The summed E-state index contributed by atoms with van der Waals surface area (Å²) in [5, 5.41) is 5.67. The van der Waals surface area contributed by atoms with Crippen molar-refractivity contribution >= 4 is 23.2 Å². The molecule has 108 valence electrons. The number of benzene rings is 1. The van der Waals surface area contributed by atoms with Gasteiger partial charge in [-0.3, -0.25) is 9.59 Å². The van der Waals surface area contributed by atoms with Crippen molar-refractivity contribution in [2.24, 2.45) is 17.6 Å². The van der Waals surface area contributed by atoms with Crippen molar-refractivity contribution in [2.75, 3.05) is 17.2 Å². The third kappa shape index (κ3) is 4.35. The van der Waals surface area contributed by atoms with E-state index in [1.54, 1.807) is 24.3 Å². The molecule has 0 saturated heterocycles. The normalized spacial score (nSPS) is 15.5. The lowest BCUT2D eigenvalue weighted by atomic mass is 10.1. The van der Waals surface area contributed by atoms with Crippen molar-refractivity contribution in [1.29, 1.82) is 0 Å². The van der Waals surface area contributed by atoms with Gasteiger partial charge in [0.05, 0.1) is 0 Å². The van der Waals surface area contributed by atoms with Gasteiger partial charge in [0.2, 0.25) is 11.8 Å². The molecular weight excluding hydrogens is 254 g/mol. The summed E-state index contributed by atoms with van der Waals surface area (Å²) >= 11 is 0. The van der Waals surface area contributed by atoms with Crippen LogP contribution in [0.4, 0.5) is 11.4 Å². The fraction of sp³-hybridized carbons (Fsp3) is 0.467. The predicted octanol–water partition coefficient (Wildman–Crippen LogP) is 1.96. The number of rotatable bonds is 6. The average Bonchev–Trinajstić information content (AvgIpc) is 3.25. The summed E-state index contributed by atoms with van der Waals surface area (Å²) in [5.74, 6) is 0.399. The molecule has 5 heteroatoms. The highest BCUT2D eigenvalue weighted by Crippen LogP contribution is 2.30. The molecule has 0 spiro atoms. The molecule has 1 aliphatic rings. The highest BCUT2D eigenvalue weighted by molar-refractivity contribution is 5.95. The summed E-state index contributed by atoms with van der Waals surface area (Å²) in [6.45, 7) is 2.44. The smallest absolute Gasteiger partial charge is 0.227 e. The standard InChI is InChI=1S/C15H21N3O2/c1-10(9-16)8-14(19)17-12-4-6-13(7-5-12)18-15(20)11-2-3-11/h4-7,10-11H,2-3,8-9,16H2,1H3,(H,17,19)(H,18,20). The van der Waals surface area contributed by atoms with E-state index >= 15 is 0 Å². The van der Waals surface area contributed by atoms with Gasteiger partial charge in [-0.15, -0.1) is 0 Å². The molecule has 1 saturated carbocycles. The van der Waals surface area contributed by atoms with Crippen molar-refractivity contribution < 1.29 is 9.59 Å². The molecule has 4 N–H and O–H groups in total. The molecular formula is C15H21N3O2. The first kappa shape index (κ1) is 14.5. The minimum Gasteiger partial charge on any atom is -0.330 e. The Kier molecular flexibility index (Phi) is 4.74. The van der Waals surface area contributed by atoms with E-state index in [-0.39, 0.29) is 23.7 Å². The Morgan fingerprint density at radius 1 is 1.20 bits per heavy atom. The highest BCUT2D eigenvalue weighted by Gasteiger charge is 2.29. The fourth-order valence-corrected chi connectivity index (χ4v) is 1.84. The Bertz CT molecular complexity index is 480. The molecule has 1 fully saturated rings. The first-order valence-corrected chi connectivity index (χ1v) is 6.99. The van der Waals surface area contributed by atoms with Crippen molar-refractivity contribution in [1.82, 2.24) is 0 Å². The van der Waals surface area contributed by atoms with Crippen molar-refractivity contribution in [3.63, 3.8) is 0 Å². The second-order valence-corrected chi connectivity index (χ2v) is 5.43. The number of hydrogen-bond acceptors (Lipinski definition) is 3. The molecule has 0 aliphatic heterocycles. The van der Waals surface area contributed by atoms with Crippen LogP contribution in [0.5, 0.6) is 0 Å². The van der Waals surface area contributed by atoms with Gasteiger partial charge in [-0.25, -0.2) is 0 Å². The van der Waals surface area contributed by atoms with Gasteiger partial charge in [0.1, 0.15) is 0 Å². The van der Waals surface area contributed by atoms with Gasteiger partial charge in [0, 0.05) is 23.7 Å². The maximum Gasteiger partial charge on any atom is 0.227 e. The van der Waals surface area contributed by atoms with Crippen LogP contribution in [0.3, 0.4) is 0 Å². The van der Waals surface area contributed by atoms with Crippen LogP contribution in [0.15, 0.2) is 24.3 Å². The second kappa shape index (κ2) is 6.52. The van der Waals surface area contributed by atoms with Crippen LogP contribution in [0.1, 0.15) is 26.2 Å².